The first kappa shape index (κ1) is 17.9. The molecule has 1 aromatic rings. The molecule has 1 aromatic heterocycles. The van der Waals surface area contributed by atoms with Gasteiger partial charge in [-0.1, -0.05) is 13.0 Å². The van der Waals surface area contributed by atoms with Crippen LogP contribution in [0.3, 0.4) is 0 Å². The molecule has 0 saturated carbocycles. The Balaban J connectivity index is 1.85. The van der Waals surface area contributed by atoms with Gasteiger partial charge in [0, 0.05) is 31.1 Å². The van der Waals surface area contributed by atoms with Crippen molar-refractivity contribution in [2.24, 2.45) is 10.9 Å². The second-order valence-electron chi connectivity index (χ2n) is 6.05. The first-order chi connectivity index (χ1) is 12.1. The van der Waals surface area contributed by atoms with Gasteiger partial charge in [-0.3, -0.25) is 14.9 Å². The van der Waals surface area contributed by atoms with Crippen molar-refractivity contribution in [3.63, 3.8) is 0 Å². The monoisotopic (exact) mass is 364 g/mol. The third-order valence-corrected chi connectivity index (χ3v) is 5.53. The van der Waals surface area contributed by atoms with Gasteiger partial charge in [-0.25, -0.2) is 4.99 Å². The molecule has 3 heterocycles. The molecule has 0 radical (unpaired) electrons. The Kier molecular flexibility index (Phi) is 5.70. The molecule has 7 nitrogen and oxygen atoms in total. The molecule has 1 fully saturated rings. The van der Waals surface area contributed by atoms with E-state index in [0.29, 0.717) is 5.96 Å². The summed E-state index contributed by atoms with van der Waals surface area (Å²) in [7, 11) is 0. The maximum absolute atomic E-state index is 12.7. The average molecular weight is 364 g/mol. The van der Waals surface area contributed by atoms with Gasteiger partial charge in [-0.2, -0.15) is 0 Å². The van der Waals surface area contributed by atoms with E-state index in [4.69, 9.17) is 9.73 Å². The summed E-state index contributed by atoms with van der Waals surface area (Å²) >= 11 is 1.50. The standard InChI is InChI=1S/C17H24N4O3S/c1-3-20-7-9-21(10-8-20)17-18-14(12-6-5-11-25-12)13(15(22)19-17)16(23)24-4-2/h5-6,11,13-14H,3-4,7-10H2,1-2H3,(H,18,19,22)/t13-,14+/m1/s1. The van der Waals surface area contributed by atoms with Crippen LogP contribution >= 0.6 is 11.3 Å². The van der Waals surface area contributed by atoms with E-state index < -0.39 is 17.9 Å². The third-order valence-electron chi connectivity index (χ3n) is 4.59. The van der Waals surface area contributed by atoms with Crippen LogP contribution in [0.5, 0.6) is 0 Å². The summed E-state index contributed by atoms with van der Waals surface area (Å²) in [6.45, 7) is 8.66. The van der Waals surface area contributed by atoms with Gasteiger partial charge in [0.15, 0.2) is 5.92 Å². The van der Waals surface area contributed by atoms with Crippen LogP contribution in [0.25, 0.3) is 0 Å². The molecule has 0 spiro atoms. The van der Waals surface area contributed by atoms with Crippen LogP contribution in [0.1, 0.15) is 24.8 Å². The quantitative estimate of drug-likeness (QED) is 0.640. The summed E-state index contributed by atoms with van der Waals surface area (Å²) in [5.41, 5.74) is 0. The average Bonchev–Trinajstić information content (AvgIpc) is 3.16. The Bertz CT molecular complexity index is 638. The van der Waals surface area contributed by atoms with Crippen LogP contribution in [0.4, 0.5) is 0 Å². The molecule has 8 heteroatoms. The Morgan fingerprint density at radius 1 is 1.36 bits per heavy atom. The molecule has 1 saturated heterocycles. The molecule has 2 aliphatic rings. The molecule has 0 bridgehead atoms. The van der Waals surface area contributed by atoms with E-state index in [0.717, 1.165) is 37.6 Å². The molecular weight excluding hydrogens is 340 g/mol. The van der Waals surface area contributed by atoms with Crippen LogP contribution in [-0.4, -0.2) is 67.0 Å². The minimum atomic E-state index is -0.931. The Labute approximate surface area is 151 Å². The van der Waals surface area contributed by atoms with Crippen molar-refractivity contribution in [3.8, 4) is 0 Å². The predicted molar refractivity (Wildman–Crippen MR) is 96.4 cm³/mol. The van der Waals surface area contributed by atoms with Crippen LogP contribution in [0.2, 0.25) is 0 Å². The van der Waals surface area contributed by atoms with Crippen molar-refractivity contribution in [3.05, 3.63) is 22.4 Å². The number of ether oxygens (including phenoxy) is 1. The third kappa shape index (κ3) is 3.85. The number of esters is 1. The van der Waals surface area contributed by atoms with Gasteiger partial charge in [0.2, 0.25) is 11.9 Å². The van der Waals surface area contributed by atoms with Gasteiger partial charge >= 0.3 is 5.97 Å². The number of rotatable bonds is 4. The number of hydrogen-bond donors (Lipinski definition) is 1. The van der Waals surface area contributed by atoms with E-state index in [1.54, 1.807) is 6.92 Å². The lowest BCUT2D eigenvalue weighted by atomic mass is 9.96. The molecule has 25 heavy (non-hydrogen) atoms. The molecule has 0 aliphatic carbocycles. The number of aliphatic imine (C=N–C) groups is 1. The predicted octanol–water partition coefficient (Wildman–Crippen LogP) is 1.09. The maximum atomic E-state index is 12.7. The van der Waals surface area contributed by atoms with E-state index in [1.165, 1.54) is 11.3 Å². The summed E-state index contributed by atoms with van der Waals surface area (Å²) < 4.78 is 5.10. The minimum absolute atomic E-state index is 0.245. The fourth-order valence-corrected chi connectivity index (χ4v) is 3.96. The highest BCUT2D eigenvalue weighted by Gasteiger charge is 2.42. The van der Waals surface area contributed by atoms with Crippen LogP contribution < -0.4 is 5.32 Å². The van der Waals surface area contributed by atoms with Gasteiger partial charge in [-0.15, -0.1) is 11.3 Å². The second-order valence-corrected chi connectivity index (χ2v) is 7.03. The summed E-state index contributed by atoms with van der Waals surface area (Å²) in [6, 6.07) is 3.30. The number of thiophene rings is 1. The topological polar surface area (TPSA) is 74.2 Å². The largest absolute Gasteiger partial charge is 0.465 e. The van der Waals surface area contributed by atoms with E-state index in [-0.39, 0.29) is 12.5 Å². The second kappa shape index (κ2) is 7.97. The number of carbonyl (C=O) groups excluding carboxylic acids is 2. The number of likely N-dealkylation sites (N-methyl/N-ethyl adjacent to an activating group) is 1. The molecule has 136 valence electrons. The van der Waals surface area contributed by atoms with Crippen molar-refractivity contribution in [1.29, 1.82) is 0 Å². The van der Waals surface area contributed by atoms with Gasteiger partial charge in [0.1, 0.15) is 6.04 Å². The highest BCUT2D eigenvalue weighted by Crippen LogP contribution is 2.33. The Hall–Kier alpha value is -1.93. The summed E-state index contributed by atoms with van der Waals surface area (Å²) in [5, 5.41) is 4.75. The number of piperazine rings is 1. The van der Waals surface area contributed by atoms with Crippen molar-refractivity contribution in [1.82, 2.24) is 15.1 Å². The number of nitrogens with one attached hydrogen (secondary N) is 1. The SMILES string of the molecule is CCOC(=O)[C@H]1C(=O)NC(N2CCN(CC)CC2)=N[C@H]1c1cccs1. The normalized spacial score (nSPS) is 24.6. The van der Waals surface area contributed by atoms with Gasteiger partial charge in [0.25, 0.3) is 0 Å². The molecule has 3 rings (SSSR count). The zero-order valence-electron chi connectivity index (χ0n) is 14.6. The Morgan fingerprint density at radius 3 is 2.72 bits per heavy atom. The molecular formula is C17H24N4O3S. The lowest BCUT2D eigenvalue weighted by molar-refractivity contribution is -0.153. The van der Waals surface area contributed by atoms with E-state index in [9.17, 15) is 9.59 Å². The fraction of sp³-hybridized carbons (Fsp3) is 0.588. The summed E-state index contributed by atoms with van der Waals surface area (Å²) in [4.78, 5) is 35.1. The van der Waals surface area contributed by atoms with Gasteiger partial charge in [-0.05, 0) is 24.9 Å². The first-order valence-electron chi connectivity index (χ1n) is 8.70. The van der Waals surface area contributed by atoms with Gasteiger partial charge in [0.05, 0.1) is 6.61 Å². The Morgan fingerprint density at radius 2 is 2.12 bits per heavy atom. The summed E-state index contributed by atoms with van der Waals surface area (Å²) in [6.07, 6.45) is 0. The van der Waals surface area contributed by atoms with Crippen molar-refractivity contribution in [2.75, 3.05) is 39.3 Å². The van der Waals surface area contributed by atoms with Crippen LogP contribution in [0, 0.1) is 5.92 Å². The van der Waals surface area contributed by atoms with Crippen LogP contribution in [-0.2, 0) is 14.3 Å². The highest BCUT2D eigenvalue weighted by molar-refractivity contribution is 7.10. The van der Waals surface area contributed by atoms with E-state index >= 15 is 0 Å². The molecule has 0 aromatic carbocycles. The number of amides is 1. The zero-order chi connectivity index (χ0) is 17.8. The minimum Gasteiger partial charge on any atom is -0.465 e. The fourth-order valence-electron chi connectivity index (χ4n) is 3.16. The number of nitrogens with zero attached hydrogens (tertiary/aromatic N) is 3. The van der Waals surface area contributed by atoms with E-state index in [2.05, 4.69) is 22.0 Å². The lowest BCUT2D eigenvalue weighted by Gasteiger charge is -2.38. The van der Waals surface area contributed by atoms with Crippen molar-refractivity contribution in [2.45, 2.75) is 19.9 Å². The first-order valence-corrected chi connectivity index (χ1v) is 9.58. The smallest absolute Gasteiger partial charge is 0.321 e. The molecule has 1 N–H and O–H groups in total. The lowest BCUT2D eigenvalue weighted by Crippen LogP contribution is -2.57. The number of hydrogen-bond acceptors (Lipinski definition) is 7. The van der Waals surface area contributed by atoms with Crippen LogP contribution in [0.15, 0.2) is 22.5 Å². The molecule has 1 amide bonds. The highest BCUT2D eigenvalue weighted by atomic mass is 32.1. The number of carbonyl (C=O) groups is 2. The van der Waals surface area contributed by atoms with Gasteiger partial charge < -0.3 is 14.5 Å². The summed E-state index contributed by atoms with van der Waals surface area (Å²) in [5.74, 6) is -1.21. The van der Waals surface area contributed by atoms with Crippen molar-refractivity contribution >= 4 is 29.2 Å². The molecule has 2 atom stereocenters. The van der Waals surface area contributed by atoms with Crippen molar-refractivity contribution < 1.29 is 14.3 Å². The zero-order valence-corrected chi connectivity index (χ0v) is 15.4. The number of guanidine groups is 1. The van der Waals surface area contributed by atoms with E-state index in [1.807, 2.05) is 17.5 Å². The maximum Gasteiger partial charge on any atom is 0.321 e. The molecule has 2 aliphatic heterocycles. The molecule has 0 unspecified atom stereocenters.